The van der Waals surface area contributed by atoms with Crippen LogP contribution < -0.4 is 35.9 Å². The van der Waals surface area contributed by atoms with E-state index >= 15 is 0 Å². The maximum atomic E-state index is 9.08. The zero-order valence-electron chi connectivity index (χ0n) is 46.5. The first-order valence-electron chi connectivity index (χ1n) is 23.8. The summed E-state index contributed by atoms with van der Waals surface area (Å²) < 4.78 is 61.5. The molecule has 0 aliphatic carbocycles. The van der Waals surface area contributed by atoms with E-state index in [9.17, 15) is 0 Å². The second kappa shape index (κ2) is 35.5. The van der Waals surface area contributed by atoms with Gasteiger partial charge < -0.3 is 38.3 Å². The van der Waals surface area contributed by atoms with Gasteiger partial charge in [0, 0.05) is 48.9 Å². The minimum Gasteiger partial charge on any atom is -0.748 e. The molecule has 412 valence electrons. The third kappa shape index (κ3) is 26.2. The Balaban J connectivity index is 0.000000362. The Bertz CT molecular complexity index is 2270. The predicted molar refractivity (Wildman–Crippen MR) is 299 cm³/mol. The number of rotatable bonds is 20. The van der Waals surface area contributed by atoms with Gasteiger partial charge in [0.2, 0.25) is 17.8 Å². The maximum absolute atomic E-state index is 9.08. The normalized spacial score (nSPS) is 11.1. The quantitative estimate of drug-likeness (QED) is 0.0334. The van der Waals surface area contributed by atoms with E-state index in [0.717, 1.165) is 0 Å². The maximum Gasteiger partial charge on any atom is 0.357 e. The molecule has 6 aromatic rings. The topological polar surface area (TPSA) is 175 Å². The molecule has 0 saturated heterocycles. The van der Waals surface area contributed by atoms with Crippen LogP contribution in [0.25, 0.3) is 5.32 Å². The van der Waals surface area contributed by atoms with E-state index in [1.54, 1.807) is 71.5 Å². The van der Waals surface area contributed by atoms with E-state index < -0.39 is 10.1 Å². The number of benzene rings is 5. The van der Waals surface area contributed by atoms with Gasteiger partial charge in [-0.15, -0.1) is 0 Å². The van der Waals surface area contributed by atoms with E-state index in [1.807, 2.05) is 0 Å². The van der Waals surface area contributed by atoms with Gasteiger partial charge in [-0.25, -0.2) is 8.42 Å². The number of nitrogens with zero attached hydrogens (tertiary/aromatic N) is 7. The van der Waals surface area contributed by atoms with E-state index in [2.05, 4.69) is 201 Å². The molecule has 6 rings (SSSR count). The Morgan fingerprint density at radius 3 is 0.867 bits per heavy atom. The fourth-order valence-corrected chi connectivity index (χ4v) is 10.7. The van der Waals surface area contributed by atoms with Gasteiger partial charge in [0.1, 0.15) is 40.4 Å². The SMILES string of the molecule is CC(C)(C)c1ccc([I+]c2ccc(C(C)(C)C)cc2)cc1.COCN(COC)c1nc(N(COC)COC)nc(N(COC)COC)n1.CS(=O)(=O)[O-].C[N-]C.c1ccc([S+](c2ccccc2)c2ccccc2)cc1. The smallest absolute Gasteiger partial charge is 0.357 e. The third-order valence-corrected chi connectivity index (χ3v) is 14.6. The van der Waals surface area contributed by atoms with Crippen LogP contribution in [-0.2, 0) is 60.3 Å². The van der Waals surface area contributed by atoms with E-state index in [-0.39, 0.29) is 83.3 Å². The fraction of sp³-hybridized carbons (Fsp3) is 0.411. The first-order valence-corrected chi connectivity index (χ1v) is 29.0. The minimum absolute atomic E-state index is 0.0146. The molecule has 0 aliphatic rings. The van der Waals surface area contributed by atoms with E-state index in [4.69, 9.17) is 41.4 Å². The molecule has 1 aromatic heterocycles. The van der Waals surface area contributed by atoms with Crippen molar-refractivity contribution in [2.45, 2.75) is 67.1 Å². The third-order valence-electron chi connectivity index (χ3n) is 9.73. The van der Waals surface area contributed by atoms with Crippen LogP contribution in [0.5, 0.6) is 0 Å². The van der Waals surface area contributed by atoms with Crippen LogP contribution in [-0.4, -0.2) is 131 Å². The molecule has 0 N–H and O–H groups in total. The molecule has 16 nitrogen and oxygen atoms in total. The molecule has 1 heterocycles. The van der Waals surface area contributed by atoms with Crippen LogP contribution in [0.15, 0.2) is 154 Å². The van der Waals surface area contributed by atoms with Gasteiger partial charge in [-0.3, -0.25) is 14.7 Å². The van der Waals surface area contributed by atoms with Gasteiger partial charge in [-0.2, -0.15) is 29.0 Å². The standard InChI is InChI=1S/C20H26I.C18H15S.C15H30N6O6.C2H6N.CH4O3S/c1-19(2,3)15-7-11-17(12-8-15)21-18-13-9-16(10-14-18)20(4,5)6;1-4-10-16(11-5-1)19(17-12-6-2-7-13-17)18-14-8-3-9-15-18;1-22-7-19(8-23-2)13-16-14(20(9-24-3)10-25-4)18-15(17-13)21(11-26-5)12-27-6;1-3-2;1-5(2,3)4/h7-14H,1-6H3;1-15H;7-12H2,1-6H3;1-2H3;1H3,(H,2,3,4)/q2*+1;;-1;/p-1. The van der Waals surface area contributed by atoms with Gasteiger partial charge in [-0.05, 0) is 82.6 Å². The summed E-state index contributed by atoms with van der Waals surface area (Å²) in [4.78, 5) is 22.8. The molecule has 0 bridgehead atoms. The number of aromatic nitrogens is 3. The number of anilines is 3. The molecule has 0 spiro atoms. The van der Waals surface area contributed by atoms with E-state index in [1.165, 1.54) is 33.0 Å². The first kappa shape index (κ1) is 66.3. The van der Waals surface area contributed by atoms with Gasteiger partial charge in [0.25, 0.3) is 0 Å². The average Bonchev–Trinajstić information content (AvgIpc) is 3.37. The highest BCUT2D eigenvalue weighted by Gasteiger charge is 2.28. The van der Waals surface area contributed by atoms with Crippen LogP contribution in [0, 0.1) is 7.14 Å². The van der Waals surface area contributed by atoms with Crippen molar-refractivity contribution in [3.05, 3.63) is 163 Å². The molecule has 0 fully saturated rings. The van der Waals surface area contributed by atoms with Gasteiger partial charge in [0.05, 0.1) is 21.0 Å². The van der Waals surface area contributed by atoms with Crippen LogP contribution in [0.3, 0.4) is 0 Å². The molecule has 0 unspecified atom stereocenters. The van der Waals surface area contributed by atoms with Crippen molar-refractivity contribution in [1.82, 2.24) is 15.0 Å². The average molecular weight is 1190 g/mol. The highest BCUT2D eigenvalue weighted by atomic mass is 127. The zero-order valence-corrected chi connectivity index (χ0v) is 50.3. The Labute approximate surface area is 461 Å². The van der Waals surface area contributed by atoms with Crippen LogP contribution >= 0.6 is 0 Å². The summed E-state index contributed by atoms with van der Waals surface area (Å²) in [7, 11) is 9.04. The Morgan fingerprint density at radius 1 is 0.467 bits per heavy atom. The molecule has 19 heteroatoms. The molecule has 0 radical (unpaired) electrons. The lowest BCUT2D eigenvalue weighted by Crippen LogP contribution is -3.61. The van der Waals surface area contributed by atoms with Gasteiger partial charge in [-0.1, -0.05) is 120 Å². The summed E-state index contributed by atoms with van der Waals surface area (Å²) in [5.41, 5.74) is 3.31. The zero-order chi connectivity index (χ0) is 55.9. The lowest BCUT2D eigenvalue weighted by Gasteiger charge is -2.27. The number of hydrogen-bond donors (Lipinski definition) is 0. The van der Waals surface area contributed by atoms with Crippen molar-refractivity contribution in [1.29, 1.82) is 0 Å². The Kier molecular flexibility index (Phi) is 31.4. The molecule has 0 aliphatic heterocycles. The fourth-order valence-electron chi connectivity index (χ4n) is 6.39. The Hall–Kier alpha value is -4.78. The molecule has 0 atom stereocenters. The summed E-state index contributed by atoms with van der Waals surface area (Å²) in [6, 6.07) is 50.6. The second-order valence-electron chi connectivity index (χ2n) is 18.4. The van der Waals surface area contributed by atoms with Crippen molar-refractivity contribution in [3.63, 3.8) is 0 Å². The number of methoxy groups -OCH3 is 6. The van der Waals surface area contributed by atoms with Gasteiger partial charge in [0.15, 0.2) is 21.8 Å². The van der Waals surface area contributed by atoms with Gasteiger partial charge >= 0.3 is 21.2 Å². The number of hydrogen-bond acceptors (Lipinski definition) is 15. The molecular formula is C56H80IN7O9S2. The van der Waals surface area contributed by atoms with Crippen molar-refractivity contribution < 1.29 is 62.6 Å². The summed E-state index contributed by atoms with van der Waals surface area (Å²) in [6.07, 6.45) is 0.604. The molecule has 5 aromatic carbocycles. The summed E-state index contributed by atoms with van der Waals surface area (Å²) in [6.45, 7) is 15.0. The first-order chi connectivity index (χ1) is 35.7. The molecule has 0 saturated carbocycles. The minimum atomic E-state index is -3.92. The van der Waals surface area contributed by atoms with Crippen LogP contribution in [0.2, 0.25) is 0 Å². The number of halogens is 1. The van der Waals surface area contributed by atoms with Crippen molar-refractivity contribution >= 4 is 38.9 Å². The molecule has 75 heavy (non-hydrogen) atoms. The van der Waals surface area contributed by atoms with E-state index in [0.29, 0.717) is 24.1 Å². The largest absolute Gasteiger partial charge is 0.748 e. The highest BCUT2D eigenvalue weighted by Crippen LogP contribution is 2.30. The van der Waals surface area contributed by atoms with Crippen LogP contribution in [0.4, 0.5) is 17.8 Å². The summed E-state index contributed by atoms with van der Waals surface area (Å²) in [5, 5.41) is 3.50. The monoisotopic (exact) mass is 1190 g/mol. The van der Waals surface area contributed by atoms with Crippen molar-refractivity contribution in [2.24, 2.45) is 0 Å². The van der Waals surface area contributed by atoms with Crippen molar-refractivity contribution in [2.75, 3.05) is 118 Å². The summed E-state index contributed by atoms with van der Waals surface area (Å²) >= 11 is -0.0703. The lowest BCUT2D eigenvalue weighted by molar-refractivity contribution is -0.597. The lowest BCUT2D eigenvalue weighted by atomic mass is 9.87. The van der Waals surface area contributed by atoms with Crippen molar-refractivity contribution in [3.8, 4) is 0 Å². The predicted octanol–water partition coefficient (Wildman–Crippen LogP) is 6.89. The number of ether oxygens (including phenoxy) is 6. The van der Waals surface area contributed by atoms with Crippen LogP contribution in [0.1, 0.15) is 52.7 Å². The molecular weight excluding hydrogens is 1110 g/mol. The Morgan fingerprint density at radius 2 is 0.680 bits per heavy atom. The summed E-state index contributed by atoms with van der Waals surface area (Å²) in [5.74, 6) is 1.11. The molecule has 0 amide bonds. The second-order valence-corrected chi connectivity index (χ2v) is 24.8. The highest BCUT2D eigenvalue weighted by molar-refractivity contribution is 7.97.